The van der Waals surface area contributed by atoms with Gasteiger partial charge in [-0.3, -0.25) is 9.59 Å². The molecule has 0 aromatic carbocycles. The summed E-state index contributed by atoms with van der Waals surface area (Å²) in [6.45, 7) is 3.80. The minimum absolute atomic E-state index is 0.00527. The first-order valence-corrected chi connectivity index (χ1v) is 8.65. The number of rotatable bonds is 2. The van der Waals surface area contributed by atoms with E-state index in [1.807, 2.05) is 19.1 Å². The molecule has 1 unspecified atom stereocenters. The Labute approximate surface area is 135 Å². The molecule has 6 heteroatoms. The summed E-state index contributed by atoms with van der Waals surface area (Å²) in [5.41, 5.74) is 0. The van der Waals surface area contributed by atoms with Crippen LogP contribution in [0.2, 0.25) is 0 Å². The highest BCUT2D eigenvalue weighted by atomic mass is 32.1. The lowest BCUT2D eigenvalue weighted by atomic mass is 10.0. The highest BCUT2D eigenvalue weighted by Gasteiger charge is 2.20. The van der Waals surface area contributed by atoms with Crippen LogP contribution in [-0.2, 0) is 4.79 Å². The molecule has 1 fully saturated rings. The zero-order valence-corrected chi connectivity index (χ0v) is 13.8. The first-order chi connectivity index (χ1) is 10.6. The molecule has 2 rings (SSSR count). The van der Waals surface area contributed by atoms with E-state index in [0.29, 0.717) is 26.1 Å². The van der Waals surface area contributed by atoms with Crippen molar-refractivity contribution in [3.8, 4) is 0 Å². The molecule has 0 spiro atoms. The molecule has 1 atom stereocenters. The third kappa shape index (κ3) is 4.81. The van der Waals surface area contributed by atoms with Gasteiger partial charge in [0.15, 0.2) is 0 Å². The number of hydrogen-bond acceptors (Lipinski definition) is 4. The van der Waals surface area contributed by atoms with Gasteiger partial charge in [0.1, 0.15) is 0 Å². The van der Waals surface area contributed by atoms with Crippen LogP contribution in [0, 0.1) is 12.8 Å². The van der Waals surface area contributed by atoms with Gasteiger partial charge >= 0.3 is 0 Å². The number of thiophene rings is 1. The minimum Gasteiger partial charge on any atom is -0.396 e. The summed E-state index contributed by atoms with van der Waals surface area (Å²) in [5.74, 6) is 0.170. The maximum Gasteiger partial charge on any atom is 0.263 e. The lowest BCUT2D eigenvalue weighted by molar-refractivity contribution is -0.121. The number of aliphatic hydroxyl groups is 1. The molecular formula is C16H24N2O3S. The fraction of sp³-hybridized carbons (Fsp3) is 0.625. The van der Waals surface area contributed by atoms with Gasteiger partial charge in [-0.05, 0) is 44.2 Å². The Morgan fingerprint density at radius 1 is 1.41 bits per heavy atom. The first kappa shape index (κ1) is 17.0. The summed E-state index contributed by atoms with van der Waals surface area (Å²) in [4.78, 5) is 28.0. The summed E-state index contributed by atoms with van der Waals surface area (Å²) < 4.78 is 0. The molecule has 0 radical (unpaired) electrons. The number of carbonyl (C=O) groups excluding carboxylic acids is 2. The maximum atomic E-state index is 12.6. The van der Waals surface area contributed by atoms with Crippen LogP contribution in [0.4, 0.5) is 0 Å². The topological polar surface area (TPSA) is 69.6 Å². The monoisotopic (exact) mass is 324 g/mol. The summed E-state index contributed by atoms with van der Waals surface area (Å²) >= 11 is 1.49. The van der Waals surface area contributed by atoms with Gasteiger partial charge < -0.3 is 15.3 Å². The van der Waals surface area contributed by atoms with Crippen molar-refractivity contribution in [2.45, 2.75) is 32.6 Å². The maximum absolute atomic E-state index is 12.6. The Kier molecular flexibility index (Phi) is 6.39. The standard InChI is InChI=1S/C16H24N2O3S/c1-12-4-5-14(22-12)16(21)18-9-2-3-13(11-19)6-8-17-15(20)7-10-18/h4-5,13,19H,2-3,6-11H2,1H3,(H,17,20). The van der Waals surface area contributed by atoms with Gasteiger partial charge in [0.25, 0.3) is 5.91 Å². The molecule has 5 nitrogen and oxygen atoms in total. The minimum atomic E-state index is -0.0289. The van der Waals surface area contributed by atoms with Gasteiger partial charge in [-0.1, -0.05) is 0 Å². The highest BCUT2D eigenvalue weighted by molar-refractivity contribution is 7.13. The normalized spacial score (nSPS) is 21.1. The summed E-state index contributed by atoms with van der Waals surface area (Å²) in [7, 11) is 0. The van der Waals surface area contributed by atoms with Crippen LogP contribution >= 0.6 is 11.3 Å². The van der Waals surface area contributed by atoms with Gasteiger partial charge in [-0.15, -0.1) is 11.3 Å². The zero-order valence-electron chi connectivity index (χ0n) is 13.0. The molecule has 1 saturated heterocycles. The molecular weight excluding hydrogens is 300 g/mol. The predicted octanol–water partition coefficient (Wildman–Crippen LogP) is 1.80. The Morgan fingerprint density at radius 2 is 2.23 bits per heavy atom. The van der Waals surface area contributed by atoms with Crippen LogP contribution in [0.3, 0.4) is 0 Å². The second kappa shape index (κ2) is 8.29. The fourth-order valence-electron chi connectivity index (χ4n) is 2.66. The van der Waals surface area contributed by atoms with E-state index in [9.17, 15) is 14.7 Å². The van der Waals surface area contributed by atoms with Crippen LogP contribution in [0.15, 0.2) is 12.1 Å². The Bertz CT molecular complexity index is 515. The molecule has 0 aliphatic carbocycles. The fourth-order valence-corrected chi connectivity index (χ4v) is 3.49. The summed E-state index contributed by atoms with van der Waals surface area (Å²) in [6.07, 6.45) is 2.86. The van der Waals surface area contributed by atoms with E-state index in [4.69, 9.17) is 0 Å². The van der Waals surface area contributed by atoms with Crippen molar-refractivity contribution >= 4 is 23.2 Å². The molecule has 0 saturated carbocycles. The van der Waals surface area contributed by atoms with E-state index < -0.39 is 0 Å². The van der Waals surface area contributed by atoms with Crippen LogP contribution in [0.1, 0.15) is 40.2 Å². The smallest absolute Gasteiger partial charge is 0.263 e. The second-order valence-electron chi connectivity index (χ2n) is 5.78. The van der Waals surface area contributed by atoms with Gasteiger partial charge in [0.2, 0.25) is 5.91 Å². The molecule has 1 aromatic rings. The van der Waals surface area contributed by atoms with Gasteiger partial charge in [-0.25, -0.2) is 0 Å². The summed E-state index contributed by atoms with van der Waals surface area (Å²) in [6, 6.07) is 3.79. The van der Waals surface area contributed by atoms with Crippen molar-refractivity contribution in [2.75, 3.05) is 26.2 Å². The average molecular weight is 324 g/mol. The third-order valence-electron chi connectivity index (χ3n) is 4.02. The Morgan fingerprint density at radius 3 is 2.91 bits per heavy atom. The van der Waals surface area contributed by atoms with Crippen molar-refractivity contribution in [2.24, 2.45) is 5.92 Å². The summed E-state index contributed by atoms with van der Waals surface area (Å²) in [5, 5.41) is 12.2. The Balaban J connectivity index is 2.04. The van der Waals surface area contributed by atoms with Gasteiger partial charge in [0.05, 0.1) is 4.88 Å². The lowest BCUT2D eigenvalue weighted by Crippen LogP contribution is -2.35. The number of hydrogen-bond donors (Lipinski definition) is 2. The average Bonchev–Trinajstić information content (AvgIpc) is 2.92. The number of nitrogens with one attached hydrogen (secondary N) is 1. The molecule has 2 amide bonds. The third-order valence-corrected chi connectivity index (χ3v) is 5.01. The first-order valence-electron chi connectivity index (χ1n) is 7.83. The molecule has 2 N–H and O–H groups in total. The van der Waals surface area contributed by atoms with Gasteiger partial charge in [-0.2, -0.15) is 0 Å². The van der Waals surface area contributed by atoms with E-state index in [2.05, 4.69) is 5.32 Å². The molecule has 0 bridgehead atoms. The van der Waals surface area contributed by atoms with Crippen molar-refractivity contribution < 1.29 is 14.7 Å². The van der Waals surface area contributed by atoms with Crippen molar-refractivity contribution in [3.05, 3.63) is 21.9 Å². The lowest BCUT2D eigenvalue weighted by Gasteiger charge is -2.22. The van der Waals surface area contributed by atoms with Crippen molar-refractivity contribution in [1.29, 1.82) is 0 Å². The van der Waals surface area contributed by atoms with E-state index in [1.165, 1.54) is 11.3 Å². The highest BCUT2D eigenvalue weighted by Crippen LogP contribution is 2.19. The van der Waals surface area contributed by atoms with Crippen molar-refractivity contribution in [3.63, 3.8) is 0 Å². The number of carbonyl (C=O) groups is 2. The number of nitrogens with zero attached hydrogens (tertiary/aromatic N) is 1. The Hall–Kier alpha value is -1.40. The SMILES string of the molecule is Cc1ccc(C(=O)N2CCCC(CO)CCNC(=O)CC2)s1. The number of amides is 2. The molecule has 2 heterocycles. The van der Waals surface area contributed by atoms with Gasteiger partial charge in [0, 0.05) is 37.5 Å². The molecule has 1 aliphatic rings. The number of aryl methyl sites for hydroxylation is 1. The molecule has 1 aliphatic heterocycles. The van der Waals surface area contributed by atoms with E-state index in [1.54, 1.807) is 4.90 Å². The molecule has 22 heavy (non-hydrogen) atoms. The predicted molar refractivity (Wildman–Crippen MR) is 87.0 cm³/mol. The second-order valence-corrected chi connectivity index (χ2v) is 7.07. The largest absolute Gasteiger partial charge is 0.396 e. The van der Waals surface area contributed by atoms with E-state index in [0.717, 1.165) is 29.0 Å². The van der Waals surface area contributed by atoms with Crippen LogP contribution in [0.5, 0.6) is 0 Å². The molecule has 122 valence electrons. The zero-order chi connectivity index (χ0) is 15.9. The van der Waals surface area contributed by atoms with E-state index in [-0.39, 0.29) is 24.3 Å². The van der Waals surface area contributed by atoms with E-state index >= 15 is 0 Å². The molecule has 1 aromatic heterocycles. The van der Waals surface area contributed by atoms with Crippen molar-refractivity contribution in [1.82, 2.24) is 10.2 Å². The van der Waals surface area contributed by atoms with Crippen LogP contribution in [0.25, 0.3) is 0 Å². The van der Waals surface area contributed by atoms with Crippen LogP contribution < -0.4 is 5.32 Å². The number of aliphatic hydroxyl groups excluding tert-OH is 1. The van der Waals surface area contributed by atoms with Crippen LogP contribution in [-0.4, -0.2) is 48.1 Å². The quantitative estimate of drug-likeness (QED) is 0.871.